The van der Waals surface area contributed by atoms with E-state index in [1.165, 1.54) is 29.6 Å². The van der Waals surface area contributed by atoms with Crippen LogP contribution in [0.1, 0.15) is 19.8 Å². The van der Waals surface area contributed by atoms with E-state index in [-0.39, 0.29) is 5.92 Å². The summed E-state index contributed by atoms with van der Waals surface area (Å²) in [5, 5.41) is 12.6. The van der Waals surface area contributed by atoms with Gasteiger partial charge in [0, 0.05) is 5.75 Å². The zero-order chi connectivity index (χ0) is 12.3. The van der Waals surface area contributed by atoms with Crippen LogP contribution in [0.2, 0.25) is 0 Å². The fourth-order valence-corrected chi connectivity index (χ4v) is 3.65. The van der Waals surface area contributed by atoms with E-state index in [2.05, 4.69) is 14.7 Å². The van der Waals surface area contributed by atoms with Crippen LogP contribution >= 0.6 is 23.3 Å². The maximum atomic E-state index is 11.5. The van der Waals surface area contributed by atoms with Gasteiger partial charge in [-0.05, 0) is 36.8 Å². The van der Waals surface area contributed by atoms with E-state index in [4.69, 9.17) is 0 Å². The monoisotopic (exact) mass is 273 g/mol. The zero-order valence-electron chi connectivity index (χ0n) is 9.55. The van der Waals surface area contributed by atoms with Gasteiger partial charge in [0.2, 0.25) is 0 Å². The number of aromatic nitrogens is 2. The summed E-state index contributed by atoms with van der Waals surface area (Å²) in [5.74, 6) is 0.00925. The molecule has 1 unspecified atom stereocenters. The van der Waals surface area contributed by atoms with Gasteiger partial charge in [0.25, 0.3) is 0 Å². The molecule has 1 aromatic rings. The molecule has 0 radical (unpaired) electrons. The van der Waals surface area contributed by atoms with Crippen molar-refractivity contribution >= 4 is 29.3 Å². The molecule has 0 spiro atoms. The lowest BCUT2D eigenvalue weighted by Gasteiger charge is -2.29. The predicted molar refractivity (Wildman–Crippen MR) is 67.4 cm³/mol. The van der Waals surface area contributed by atoms with Crippen LogP contribution < -0.4 is 5.32 Å². The van der Waals surface area contributed by atoms with E-state index in [1.807, 2.05) is 6.92 Å². The topological polar surface area (TPSA) is 75.1 Å². The molecule has 1 aliphatic rings. The minimum Gasteiger partial charge on any atom is -0.480 e. The minimum atomic E-state index is -0.801. The Hall–Kier alpha value is -0.660. The van der Waals surface area contributed by atoms with E-state index in [1.54, 1.807) is 0 Å². The molecule has 0 bridgehead atoms. The Morgan fingerprint density at radius 2 is 2.53 bits per heavy atom. The second-order valence-electron chi connectivity index (χ2n) is 4.08. The highest BCUT2D eigenvalue weighted by Crippen LogP contribution is 2.42. The number of hydrogen-bond acceptors (Lipinski definition) is 6. The van der Waals surface area contributed by atoms with E-state index >= 15 is 0 Å². The van der Waals surface area contributed by atoms with Crippen molar-refractivity contribution in [2.24, 2.45) is 5.92 Å². The summed E-state index contributed by atoms with van der Waals surface area (Å²) >= 11 is 2.78. The molecular weight excluding hydrogens is 258 g/mol. The van der Waals surface area contributed by atoms with Crippen LogP contribution in [0.4, 0.5) is 0 Å². The van der Waals surface area contributed by atoms with Crippen molar-refractivity contribution in [3.8, 4) is 0 Å². The van der Waals surface area contributed by atoms with Crippen LogP contribution in [-0.4, -0.2) is 38.3 Å². The Bertz CT molecular complexity index is 381. The molecule has 1 aliphatic carbocycles. The smallest absolute Gasteiger partial charge is 0.325 e. The van der Waals surface area contributed by atoms with Crippen molar-refractivity contribution in [2.75, 3.05) is 12.3 Å². The van der Waals surface area contributed by atoms with Gasteiger partial charge in [-0.25, -0.2) is 4.98 Å². The maximum Gasteiger partial charge on any atom is 0.325 e. The van der Waals surface area contributed by atoms with Crippen molar-refractivity contribution in [1.29, 1.82) is 0 Å². The number of aliphatic carboxylic acids is 1. The Balaban J connectivity index is 2.06. The number of nitrogens with one attached hydrogen (secondary N) is 1. The fourth-order valence-electron chi connectivity index (χ4n) is 1.92. The van der Waals surface area contributed by atoms with Gasteiger partial charge in [0.05, 0.1) is 0 Å². The molecule has 0 amide bonds. The molecule has 0 aliphatic heterocycles. The fraction of sp³-hybridized carbons (Fsp3) is 0.700. The third kappa shape index (κ3) is 2.78. The SMILES string of the molecule is CCNC(CSc1ncns1)(C(=O)O)C1CC1. The average Bonchev–Trinajstić information content (AvgIpc) is 3.02. The zero-order valence-corrected chi connectivity index (χ0v) is 11.2. The maximum absolute atomic E-state index is 11.5. The Kier molecular flexibility index (Phi) is 4.01. The molecule has 0 aromatic carbocycles. The van der Waals surface area contributed by atoms with Gasteiger partial charge in [0.15, 0.2) is 4.34 Å². The van der Waals surface area contributed by atoms with Gasteiger partial charge in [0.1, 0.15) is 11.9 Å². The van der Waals surface area contributed by atoms with Crippen LogP contribution in [0.15, 0.2) is 10.7 Å². The highest BCUT2D eigenvalue weighted by molar-refractivity contribution is 8.01. The van der Waals surface area contributed by atoms with Gasteiger partial charge in [-0.15, -0.1) is 0 Å². The van der Waals surface area contributed by atoms with E-state index in [0.717, 1.165) is 17.2 Å². The second-order valence-corrected chi connectivity index (χ2v) is 6.08. The van der Waals surface area contributed by atoms with Gasteiger partial charge >= 0.3 is 5.97 Å². The summed E-state index contributed by atoms with van der Waals surface area (Å²) in [6.45, 7) is 2.61. The number of carboxylic acid groups (broad SMARTS) is 1. The molecule has 2 rings (SSSR count). The Labute approximate surface area is 108 Å². The molecule has 1 heterocycles. The normalized spacial score (nSPS) is 18.9. The van der Waals surface area contributed by atoms with Crippen LogP contribution in [0.3, 0.4) is 0 Å². The lowest BCUT2D eigenvalue weighted by Crippen LogP contribution is -2.56. The lowest BCUT2D eigenvalue weighted by molar-refractivity contribution is -0.144. The summed E-state index contributed by atoms with van der Waals surface area (Å²) in [6, 6.07) is 0. The summed E-state index contributed by atoms with van der Waals surface area (Å²) in [4.78, 5) is 15.6. The summed E-state index contributed by atoms with van der Waals surface area (Å²) < 4.78 is 4.74. The molecule has 0 saturated heterocycles. The van der Waals surface area contributed by atoms with Crippen molar-refractivity contribution in [1.82, 2.24) is 14.7 Å². The molecule has 1 saturated carbocycles. The largest absolute Gasteiger partial charge is 0.480 e. The number of carbonyl (C=O) groups is 1. The number of rotatable bonds is 7. The van der Waals surface area contributed by atoms with E-state index in [9.17, 15) is 9.90 Å². The first kappa shape index (κ1) is 12.8. The molecule has 1 aromatic heterocycles. The van der Waals surface area contributed by atoms with Crippen molar-refractivity contribution < 1.29 is 9.90 Å². The summed E-state index contributed by atoms with van der Waals surface area (Å²) in [7, 11) is 0. The lowest BCUT2D eigenvalue weighted by atomic mass is 9.96. The average molecular weight is 273 g/mol. The molecule has 2 N–H and O–H groups in total. The third-order valence-corrected chi connectivity index (χ3v) is 4.90. The van der Waals surface area contributed by atoms with Gasteiger partial charge in [-0.2, -0.15) is 4.37 Å². The first-order valence-corrected chi connectivity index (χ1v) is 7.33. The molecular formula is C10H15N3O2S2. The van der Waals surface area contributed by atoms with Crippen LogP contribution in [0.5, 0.6) is 0 Å². The highest BCUT2D eigenvalue weighted by Gasteiger charge is 2.50. The van der Waals surface area contributed by atoms with Crippen molar-refractivity contribution in [3.63, 3.8) is 0 Å². The Morgan fingerprint density at radius 1 is 1.76 bits per heavy atom. The molecule has 94 valence electrons. The first-order valence-electron chi connectivity index (χ1n) is 5.57. The van der Waals surface area contributed by atoms with Gasteiger partial charge in [-0.3, -0.25) is 4.79 Å². The molecule has 17 heavy (non-hydrogen) atoms. The van der Waals surface area contributed by atoms with Gasteiger partial charge < -0.3 is 10.4 Å². The number of thioether (sulfide) groups is 1. The van der Waals surface area contributed by atoms with E-state index < -0.39 is 11.5 Å². The molecule has 1 fully saturated rings. The van der Waals surface area contributed by atoms with E-state index in [0.29, 0.717) is 12.3 Å². The number of nitrogens with zero attached hydrogens (tertiary/aromatic N) is 2. The summed E-state index contributed by atoms with van der Waals surface area (Å²) in [6.07, 6.45) is 3.49. The van der Waals surface area contributed by atoms with Crippen molar-refractivity contribution in [2.45, 2.75) is 29.6 Å². The summed E-state index contributed by atoms with van der Waals surface area (Å²) in [5.41, 5.74) is -0.801. The third-order valence-electron chi connectivity index (χ3n) is 2.91. The second kappa shape index (κ2) is 5.32. The molecule has 5 nitrogen and oxygen atoms in total. The standard InChI is InChI=1S/C10H15N3O2S2/c1-2-12-10(8(14)15,7-3-4-7)5-16-9-11-6-13-17-9/h6-7,12H,2-5H2,1H3,(H,14,15). The van der Waals surface area contributed by atoms with Crippen LogP contribution in [0, 0.1) is 5.92 Å². The van der Waals surface area contributed by atoms with Crippen LogP contribution in [0.25, 0.3) is 0 Å². The molecule has 7 heteroatoms. The quantitative estimate of drug-likeness (QED) is 0.733. The van der Waals surface area contributed by atoms with Gasteiger partial charge in [-0.1, -0.05) is 18.7 Å². The number of carboxylic acids is 1. The predicted octanol–water partition coefficient (Wildman–Crippen LogP) is 1.47. The Morgan fingerprint density at radius 3 is 3.00 bits per heavy atom. The number of hydrogen-bond donors (Lipinski definition) is 2. The van der Waals surface area contributed by atoms with Crippen molar-refractivity contribution in [3.05, 3.63) is 6.33 Å². The number of likely N-dealkylation sites (N-methyl/N-ethyl adjacent to an activating group) is 1. The highest BCUT2D eigenvalue weighted by atomic mass is 32.2. The first-order chi connectivity index (χ1) is 8.19. The minimum absolute atomic E-state index is 0.250. The molecule has 1 atom stereocenters. The van der Waals surface area contributed by atoms with Crippen LogP contribution in [-0.2, 0) is 4.79 Å².